The number of likely N-dealkylation sites (N-methyl/N-ethyl adjacent to an activating group) is 1. The van der Waals surface area contributed by atoms with Gasteiger partial charge in [-0.05, 0) is 57.7 Å². The monoisotopic (exact) mass is 409 g/mol. The molecule has 2 rings (SSSR count). The van der Waals surface area contributed by atoms with Gasteiger partial charge in [-0.1, -0.05) is 12.1 Å². The van der Waals surface area contributed by atoms with E-state index in [4.69, 9.17) is 4.74 Å². The van der Waals surface area contributed by atoms with Gasteiger partial charge in [-0.15, -0.1) is 24.8 Å². The Labute approximate surface area is 167 Å². The summed E-state index contributed by atoms with van der Waals surface area (Å²) in [7, 11) is 5.55. The molecule has 1 aromatic rings. The van der Waals surface area contributed by atoms with Crippen LogP contribution < -0.4 is 10.6 Å². The molecule has 0 radical (unpaired) electrons. The summed E-state index contributed by atoms with van der Waals surface area (Å²) in [6.07, 6.45) is 1.55. The molecule has 8 heteroatoms. The Bertz CT molecular complexity index is 532. The number of hydrogen-bond acceptors (Lipinski definition) is 4. The van der Waals surface area contributed by atoms with Crippen molar-refractivity contribution in [3.63, 3.8) is 0 Å². The second-order valence-electron chi connectivity index (χ2n) is 6.70. The number of ether oxygens (including phenoxy) is 1. The van der Waals surface area contributed by atoms with Crippen molar-refractivity contribution in [2.24, 2.45) is 5.41 Å². The van der Waals surface area contributed by atoms with Crippen molar-refractivity contribution < 1.29 is 13.9 Å². The predicted octanol–water partition coefficient (Wildman–Crippen LogP) is 2.40. The molecule has 26 heavy (non-hydrogen) atoms. The minimum atomic E-state index is -0.459. The van der Waals surface area contributed by atoms with Gasteiger partial charge in [0.15, 0.2) is 0 Å². The average molecular weight is 410 g/mol. The van der Waals surface area contributed by atoms with Gasteiger partial charge in [0.2, 0.25) is 5.91 Å². The molecule has 0 saturated carbocycles. The standard InChI is InChI=1S/C18H28FN3O2.2ClH/c1-22(2)16(14-4-6-15(19)7-5-14)12-21-17(23)18(13-24-3)8-10-20-11-9-18;;/h4-7,16,20H,8-13H2,1-3H3,(H,21,23);2*1H. The van der Waals surface area contributed by atoms with E-state index in [1.807, 2.05) is 19.0 Å². The Morgan fingerprint density at radius 2 is 1.85 bits per heavy atom. The number of nitrogens with one attached hydrogen (secondary N) is 2. The number of carbonyl (C=O) groups excluding carboxylic acids is 1. The lowest BCUT2D eigenvalue weighted by atomic mass is 9.78. The summed E-state index contributed by atoms with van der Waals surface area (Å²) in [6, 6.07) is 6.43. The van der Waals surface area contributed by atoms with Crippen LogP contribution in [0.4, 0.5) is 4.39 Å². The second kappa shape index (κ2) is 11.7. The van der Waals surface area contributed by atoms with Gasteiger partial charge in [-0.2, -0.15) is 0 Å². The van der Waals surface area contributed by atoms with E-state index >= 15 is 0 Å². The van der Waals surface area contributed by atoms with E-state index < -0.39 is 5.41 Å². The topological polar surface area (TPSA) is 53.6 Å². The van der Waals surface area contributed by atoms with Crippen molar-refractivity contribution >= 4 is 30.7 Å². The van der Waals surface area contributed by atoms with E-state index in [1.54, 1.807) is 19.2 Å². The van der Waals surface area contributed by atoms with Gasteiger partial charge in [0.25, 0.3) is 0 Å². The SMILES string of the molecule is COCC1(C(=O)NCC(c2ccc(F)cc2)N(C)C)CCNCC1.Cl.Cl. The van der Waals surface area contributed by atoms with Crippen molar-refractivity contribution in [3.8, 4) is 0 Å². The molecule has 1 heterocycles. The van der Waals surface area contributed by atoms with Crippen LogP contribution in [0.1, 0.15) is 24.4 Å². The smallest absolute Gasteiger partial charge is 0.228 e. The first-order valence-electron chi connectivity index (χ1n) is 8.38. The van der Waals surface area contributed by atoms with Crippen molar-refractivity contribution in [1.29, 1.82) is 0 Å². The minimum absolute atomic E-state index is 0. The van der Waals surface area contributed by atoms with Crippen LogP contribution in [0.5, 0.6) is 0 Å². The zero-order valence-corrected chi connectivity index (χ0v) is 17.2. The summed E-state index contributed by atoms with van der Waals surface area (Å²) in [5.41, 5.74) is 0.521. The number of piperidine rings is 1. The van der Waals surface area contributed by atoms with Crippen molar-refractivity contribution in [2.45, 2.75) is 18.9 Å². The molecule has 0 aromatic heterocycles. The maximum absolute atomic E-state index is 13.1. The Hall–Kier alpha value is -0.920. The molecule has 0 spiro atoms. The van der Waals surface area contributed by atoms with Crippen LogP contribution in [0.2, 0.25) is 0 Å². The summed E-state index contributed by atoms with van der Waals surface area (Å²) >= 11 is 0. The van der Waals surface area contributed by atoms with E-state index in [1.165, 1.54) is 12.1 Å². The van der Waals surface area contributed by atoms with Crippen LogP contribution >= 0.6 is 24.8 Å². The molecule has 2 N–H and O–H groups in total. The zero-order valence-electron chi connectivity index (χ0n) is 15.6. The lowest BCUT2D eigenvalue weighted by Gasteiger charge is -2.36. The zero-order chi connectivity index (χ0) is 17.6. The average Bonchev–Trinajstić information content (AvgIpc) is 2.57. The lowest BCUT2D eigenvalue weighted by molar-refractivity contribution is -0.136. The maximum Gasteiger partial charge on any atom is 0.228 e. The summed E-state index contributed by atoms with van der Waals surface area (Å²) in [4.78, 5) is 14.9. The quantitative estimate of drug-likeness (QED) is 0.725. The number of hydrogen-bond donors (Lipinski definition) is 2. The Kier molecular flexibility index (Phi) is 11.3. The predicted molar refractivity (Wildman–Crippen MR) is 107 cm³/mol. The van der Waals surface area contributed by atoms with Crippen LogP contribution in [0, 0.1) is 11.2 Å². The number of nitrogens with zero attached hydrogens (tertiary/aromatic N) is 1. The van der Waals surface area contributed by atoms with Gasteiger partial charge in [0, 0.05) is 13.7 Å². The Balaban J connectivity index is 0.00000312. The van der Waals surface area contributed by atoms with Crippen molar-refractivity contribution in [3.05, 3.63) is 35.6 Å². The third-order valence-corrected chi connectivity index (χ3v) is 4.80. The number of methoxy groups -OCH3 is 1. The summed E-state index contributed by atoms with van der Waals surface area (Å²) in [5, 5.41) is 6.38. The van der Waals surface area contributed by atoms with E-state index in [0.717, 1.165) is 31.5 Å². The van der Waals surface area contributed by atoms with Gasteiger partial charge in [-0.3, -0.25) is 4.79 Å². The normalized spacial score (nSPS) is 17.0. The van der Waals surface area contributed by atoms with E-state index in [9.17, 15) is 9.18 Å². The first kappa shape index (κ1) is 25.1. The summed E-state index contributed by atoms with van der Waals surface area (Å²) < 4.78 is 18.5. The highest BCUT2D eigenvalue weighted by molar-refractivity contribution is 5.85. The fraction of sp³-hybridized carbons (Fsp3) is 0.611. The van der Waals surface area contributed by atoms with Gasteiger partial charge in [0.1, 0.15) is 5.82 Å². The Morgan fingerprint density at radius 3 is 2.35 bits per heavy atom. The van der Waals surface area contributed by atoms with Crippen molar-refractivity contribution in [1.82, 2.24) is 15.5 Å². The number of halogens is 3. The van der Waals surface area contributed by atoms with E-state index in [0.29, 0.717) is 13.2 Å². The molecule has 5 nitrogen and oxygen atoms in total. The summed E-state index contributed by atoms with van der Waals surface area (Å²) in [5.74, 6) is -0.214. The van der Waals surface area contributed by atoms with Crippen LogP contribution in [-0.4, -0.2) is 58.3 Å². The summed E-state index contributed by atoms with van der Waals surface area (Å²) in [6.45, 7) is 2.57. The van der Waals surface area contributed by atoms with Crippen LogP contribution in [0.15, 0.2) is 24.3 Å². The maximum atomic E-state index is 13.1. The first-order valence-corrected chi connectivity index (χ1v) is 8.38. The van der Waals surface area contributed by atoms with Gasteiger partial charge < -0.3 is 20.3 Å². The minimum Gasteiger partial charge on any atom is -0.384 e. The molecule has 1 aromatic carbocycles. The van der Waals surface area contributed by atoms with Gasteiger partial charge in [0.05, 0.1) is 18.1 Å². The molecule has 1 saturated heterocycles. The fourth-order valence-electron chi connectivity index (χ4n) is 3.28. The molecule has 1 amide bonds. The lowest BCUT2D eigenvalue weighted by Crippen LogP contribution is -2.51. The fourth-order valence-corrected chi connectivity index (χ4v) is 3.28. The molecule has 1 atom stereocenters. The van der Waals surface area contributed by atoms with Gasteiger partial charge >= 0.3 is 0 Å². The van der Waals surface area contributed by atoms with Crippen LogP contribution in [-0.2, 0) is 9.53 Å². The number of rotatable bonds is 7. The molecule has 0 bridgehead atoms. The molecule has 150 valence electrons. The first-order chi connectivity index (χ1) is 11.5. The largest absolute Gasteiger partial charge is 0.384 e. The Morgan fingerprint density at radius 1 is 1.27 bits per heavy atom. The molecule has 1 aliphatic rings. The highest BCUT2D eigenvalue weighted by atomic mass is 35.5. The number of carbonyl (C=O) groups is 1. The molecule has 0 aliphatic carbocycles. The third-order valence-electron chi connectivity index (χ3n) is 4.80. The number of amides is 1. The molecule has 1 aliphatic heterocycles. The van der Waals surface area contributed by atoms with E-state index in [-0.39, 0.29) is 42.6 Å². The van der Waals surface area contributed by atoms with Crippen LogP contribution in [0.25, 0.3) is 0 Å². The number of benzene rings is 1. The van der Waals surface area contributed by atoms with Crippen LogP contribution in [0.3, 0.4) is 0 Å². The molecule has 1 unspecified atom stereocenters. The third kappa shape index (κ3) is 6.35. The van der Waals surface area contributed by atoms with Gasteiger partial charge in [-0.25, -0.2) is 4.39 Å². The molecule has 1 fully saturated rings. The molecular formula is C18H30Cl2FN3O2. The highest BCUT2D eigenvalue weighted by Crippen LogP contribution is 2.29. The van der Waals surface area contributed by atoms with E-state index in [2.05, 4.69) is 10.6 Å². The molecular weight excluding hydrogens is 380 g/mol. The van der Waals surface area contributed by atoms with Crippen molar-refractivity contribution in [2.75, 3.05) is 47.4 Å². The second-order valence-corrected chi connectivity index (χ2v) is 6.70. The highest BCUT2D eigenvalue weighted by Gasteiger charge is 2.39.